The summed E-state index contributed by atoms with van der Waals surface area (Å²) in [6.45, 7) is 11.9. The monoisotopic (exact) mass is 263 g/mol. The first-order valence-electron chi connectivity index (χ1n) is 7.22. The van der Waals surface area contributed by atoms with Crippen LogP contribution < -0.4 is 10.2 Å². The second-order valence-electron chi connectivity index (χ2n) is 4.96. The summed E-state index contributed by atoms with van der Waals surface area (Å²) in [7, 11) is 1.92. The van der Waals surface area contributed by atoms with Crippen molar-refractivity contribution >= 4 is 11.6 Å². The number of aryl methyl sites for hydroxylation is 1. The lowest BCUT2D eigenvalue weighted by atomic mass is 10.2. The highest BCUT2D eigenvalue weighted by Gasteiger charge is 2.20. The molecule has 1 fully saturated rings. The maximum Gasteiger partial charge on any atom is 0.137 e. The molecule has 19 heavy (non-hydrogen) atoms. The molecular formula is C14H25N5. The fourth-order valence-corrected chi connectivity index (χ4v) is 2.54. The van der Waals surface area contributed by atoms with Crippen LogP contribution in [0.15, 0.2) is 0 Å². The fraction of sp³-hybridized carbons (Fsp3) is 0.714. The van der Waals surface area contributed by atoms with E-state index in [4.69, 9.17) is 4.98 Å². The Morgan fingerprint density at radius 3 is 2.32 bits per heavy atom. The van der Waals surface area contributed by atoms with E-state index in [1.165, 1.54) is 0 Å². The van der Waals surface area contributed by atoms with Gasteiger partial charge in [0.05, 0.1) is 0 Å². The van der Waals surface area contributed by atoms with E-state index in [1.807, 2.05) is 7.05 Å². The van der Waals surface area contributed by atoms with Gasteiger partial charge in [-0.25, -0.2) is 9.97 Å². The molecule has 1 aliphatic rings. The van der Waals surface area contributed by atoms with E-state index in [0.29, 0.717) is 0 Å². The molecule has 0 amide bonds. The Bertz CT molecular complexity index is 424. The molecule has 2 rings (SSSR count). The second kappa shape index (κ2) is 6.19. The third-order valence-corrected chi connectivity index (χ3v) is 3.84. The van der Waals surface area contributed by atoms with Gasteiger partial charge in [0.25, 0.3) is 0 Å². The molecule has 1 aromatic rings. The molecule has 106 valence electrons. The van der Waals surface area contributed by atoms with Crippen molar-refractivity contribution in [1.82, 2.24) is 14.9 Å². The lowest BCUT2D eigenvalue weighted by Gasteiger charge is -2.35. The molecule has 5 nitrogen and oxygen atoms in total. The Morgan fingerprint density at radius 2 is 1.79 bits per heavy atom. The quantitative estimate of drug-likeness (QED) is 0.892. The summed E-state index contributed by atoms with van der Waals surface area (Å²) >= 11 is 0. The smallest absolute Gasteiger partial charge is 0.137 e. The normalized spacial score (nSPS) is 16.7. The molecule has 0 bridgehead atoms. The minimum atomic E-state index is 0.872. The van der Waals surface area contributed by atoms with Gasteiger partial charge >= 0.3 is 0 Å². The zero-order valence-corrected chi connectivity index (χ0v) is 12.5. The van der Waals surface area contributed by atoms with Gasteiger partial charge in [-0.15, -0.1) is 0 Å². The van der Waals surface area contributed by atoms with Crippen LogP contribution in [0.5, 0.6) is 0 Å². The van der Waals surface area contributed by atoms with Crippen LogP contribution in [0.25, 0.3) is 0 Å². The largest absolute Gasteiger partial charge is 0.373 e. The Morgan fingerprint density at radius 1 is 1.11 bits per heavy atom. The summed E-state index contributed by atoms with van der Waals surface area (Å²) in [6.07, 6.45) is 0.872. The molecule has 0 radical (unpaired) electrons. The Labute approximate surface area is 116 Å². The van der Waals surface area contributed by atoms with Gasteiger partial charge in [0.1, 0.15) is 17.5 Å². The van der Waals surface area contributed by atoms with Gasteiger partial charge in [0, 0.05) is 45.2 Å². The van der Waals surface area contributed by atoms with E-state index in [9.17, 15) is 0 Å². The lowest BCUT2D eigenvalue weighted by Crippen LogP contribution is -2.46. The molecular weight excluding hydrogens is 238 g/mol. The van der Waals surface area contributed by atoms with Crippen molar-refractivity contribution in [2.75, 3.05) is 50.0 Å². The predicted octanol–water partition coefficient (Wildman–Crippen LogP) is 1.53. The highest BCUT2D eigenvalue weighted by molar-refractivity contribution is 5.58. The first kappa shape index (κ1) is 14.1. The van der Waals surface area contributed by atoms with Crippen LogP contribution >= 0.6 is 0 Å². The fourth-order valence-electron chi connectivity index (χ4n) is 2.54. The highest BCUT2D eigenvalue weighted by Crippen LogP contribution is 2.24. The van der Waals surface area contributed by atoms with Crippen molar-refractivity contribution in [1.29, 1.82) is 0 Å². The molecule has 0 unspecified atom stereocenters. The van der Waals surface area contributed by atoms with E-state index >= 15 is 0 Å². The van der Waals surface area contributed by atoms with Gasteiger partial charge in [0.2, 0.25) is 0 Å². The highest BCUT2D eigenvalue weighted by atomic mass is 15.3. The molecule has 0 saturated carbocycles. The summed E-state index contributed by atoms with van der Waals surface area (Å²) in [5.74, 6) is 2.98. The van der Waals surface area contributed by atoms with E-state index in [2.05, 4.69) is 40.9 Å². The number of nitrogens with zero attached hydrogens (tertiary/aromatic N) is 4. The van der Waals surface area contributed by atoms with Gasteiger partial charge < -0.3 is 15.1 Å². The Balaban J connectivity index is 2.24. The number of rotatable bonds is 4. The second-order valence-corrected chi connectivity index (χ2v) is 4.96. The third-order valence-electron chi connectivity index (χ3n) is 3.84. The van der Waals surface area contributed by atoms with Crippen LogP contribution in [0.1, 0.15) is 25.2 Å². The van der Waals surface area contributed by atoms with Gasteiger partial charge in [-0.05, 0) is 13.5 Å². The lowest BCUT2D eigenvalue weighted by molar-refractivity contribution is 0.270. The third kappa shape index (κ3) is 2.97. The summed E-state index contributed by atoms with van der Waals surface area (Å²) in [5, 5.41) is 3.18. The Hall–Kier alpha value is -1.36. The molecule has 1 N–H and O–H groups in total. The van der Waals surface area contributed by atoms with Crippen LogP contribution in [0.4, 0.5) is 11.6 Å². The number of piperazine rings is 1. The van der Waals surface area contributed by atoms with Crippen LogP contribution in [0, 0.1) is 6.92 Å². The van der Waals surface area contributed by atoms with Crippen LogP contribution in [0.3, 0.4) is 0 Å². The molecule has 0 aromatic carbocycles. The average molecular weight is 263 g/mol. The number of hydrogen-bond donors (Lipinski definition) is 1. The topological polar surface area (TPSA) is 44.3 Å². The van der Waals surface area contributed by atoms with Gasteiger partial charge in [-0.3, -0.25) is 0 Å². The van der Waals surface area contributed by atoms with Crippen LogP contribution in [-0.4, -0.2) is 54.6 Å². The van der Waals surface area contributed by atoms with Gasteiger partial charge in [-0.2, -0.15) is 0 Å². The number of aromatic nitrogens is 2. The van der Waals surface area contributed by atoms with Gasteiger partial charge in [0.15, 0.2) is 0 Å². The number of hydrogen-bond acceptors (Lipinski definition) is 5. The zero-order valence-electron chi connectivity index (χ0n) is 12.5. The standard InChI is InChI=1S/C14H25N5/c1-5-12-16-13(15-4)11(3)14(17-12)19-9-7-18(6-2)8-10-19/h5-10H2,1-4H3,(H,15,16,17). The molecule has 1 aliphatic heterocycles. The number of likely N-dealkylation sites (N-methyl/N-ethyl adjacent to an activating group) is 1. The van der Waals surface area contributed by atoms with Crippen molar-refractivity contribution in [2.24, 2.45) is 0 Å². The van der Waals surface area contributed by atoms with E-state index in [0.717, 1.165) is 62.2 Å². The minimum Gasteiger partial charge on any atom is -0.373 e. The first-order valence-corrected chi connectivity index (χ1v) is 7.22. The molecule has 2 heterocycles. The summed E-state index contributed by atoms with van der Waals surface area (Å²) < 4.78 is 0. The van der Waals surface area contributed by atoms with E-state index < -0.39 is 0 Å². The van der Waals surface area contributed by atoms with Gasteiger partial charge in [-0.1, -0.05) is 13.8 Å². The van der Waals surface area contributed by atoms with Crippen molar-refractivity contribution < 1.29 is 0 Å². The van der Waals surface area contributed by atoms with Crippen molar-refractivity contribution in [3.8, 4) is 0 Å². The summed E-state index contributed by atoms with van der Waals surface area (Å²) in [6, 6.07) is 0. The minimum absolute atomic E-state index is 0.872. The van der Waals surface area contributed by atoms with Crippen molar-refractivity contribution in [3.63, 3.8) is 0 Å². The molecule has 0 aliphatic carbocycles. The number of anilines is 2. The zero-order chi connectivity index (χ0) is 13.8. The summed E-state index contributed by atoms with van der Waals surface area (Å²) in [5.41, 5.74) is 1.16. The average Bonchev–Trinajstić information content (AvgIpc) is 2.47. The molecule has 0 atom stereocenters. The van der Waals surface area contributed by atoms with Crippen LogP contribution in [0.2, 0.25) is 0 Å². The number of nitrogens with one attached hydrogen (secondary N) is 1. The first-order chi connectivity index (χ1) is 9.19. The van der Waals surface area contributed by atoms with Crippen LogP contribution in [-0.2, 0) is 6.42 Å². The molecule has 5 heteroatoms. The van der Waals surface area contributed by atoms with Crippen molar-refractivity contribution in [3.05, 3.63) is 11.4 Å². The van der Waals surface area contributed by atoms with E-state index in [-0.39, 0.29) is 0 Å². The molecule has 0 spiro atoms. The predicted molar refractivity (Wildman–Crippen MR) is 80.0 cm³/mol. The molecule has 1 saturated heterocycles. The maximum atomic E-state index is 4.73. The van der Waals surface area contributed by atoms with E-state index in [1.54, 1.807) is 0 Å². The maximum absolute atomic E-state index is 4.73. The van der Waals surface area contributed by atoms with Crippen molar-refractivity contribution in [2.45, 2.75) is 27.2 Å². The summed E-state index contributed by atoms with van der Waals surface area (Å²) in [4.78, 5) is 14.1. The Kier molecular flexibility index (Phi) is 4.58. The SMILES string of the molecule is CCc1nc(NC)c(C)c(N2CCN(CC)CC2)n1. The molecule has 1 aromatic heterocycles.